The lowest BCUT2D eigenvalue weighted by atomic mass is 9.66. The van der Waals surface area contributed by atoms with Gasteiger partial charge in [0, 0.05) is 5.41 Å². The van der Waals surface area contributed by atoms with E-state index in [0.29, 0.717) is 0 Å². The number of fused-ring (bicyclic) bond motifs is 7. The maximum absolute atomic E-state index is 2.54. The summed E-state index contributed by atoms with van der Waals surface area (Å²) in [6.07, 6.45) is 0. The number of hydrogen-bond acceptors (Lipinski definition) is 0. The highest BCUT2D eigenvalue weighted by atomic mass is 14.5. The van der Waals surface area contributed by atoms with Crippen LogP contribution in [0.3, 0.4) is 0 Å². The Balaban J connectivity index is 1.06. The topological polar surface area (TPSA) is 0 Å². The molecule has 0 saturated carbocycles. The van der Waals surface area contributed by atoms with Crippen molar-refractivity contribution in [3.8, 4) is 89.0 Å². The first-order valence-electron chi connectivity index (χ1n) is 31.6. The van der Waals surface area contributed by atoms with Crippen LogP contribution in [-0.4, -0.2) is 0 Å². The molecule has 0 radical (unpaired) electrons. The molecule has 87 heavy (non-hydrogen) atoms. The van der Waals surface area contributed by atoms with Crippen molar-refractivity contribution in [1.29, 1.82) is 0 Å². The molecule has 0 heteroatoms. The van der Waals surface area contributed by atoms with Gasteiger partial charge in [0.15, 0.2) is 0 Å². The number of rotatable bonds is 8. The van der Waals surface area contributed by atoms with Gasteiger partial charge in [0.05, 0.1) is 5.41 Å². The Kier molecular flexibility index (Phi) is 13.7. The van der Waals surface area contributed by atoms with Crippen LogP contribution in [0.25, 0.3) is 89.0 Å². The molecule has 0 amide bonds. The third-order valence-corrected chi connectivity index (χ3v) is 19.5. The highest BCUT2D eigenvalue weighted by Gasteiger charge is 2.50. The second-order valence-corrected chi connectivity index (χ2v) is 29.9. The SMILES string of the molecule is Cc1cccc2c1-c1c(ccc3c1-c1ccccc1C3(C)C)C2(c1cccc(-c2cc(-c3ccc(C(C)(C)C)cc3)cc(-c3ccc(C(C)(C)C)cc3)c2)c1)c1cccc(-c2cc(-c3ccc(C(C)(C)C)cc3)cc(-c3ccc(C(C)(C)C)cc3)c2)c1. The molecule has 2 aliphatic rings. The summed E-state index contributed by atoms with van der Waals surface area (Å²) in [6, 6.07) is 92.1. The average Bonchev–Trinajstić information content (AvgIpc) is 1.59. The zero-order valence-electron chi connectivity index (χ0n) is 54.0. The Morgan fingerprint density at radius 3 is 0.943 bits per heavy atom. The first kappa shape index (κ1) is 57.5. The predicted octanol–water partition coefficient (Wildman–Crippen LogP) is 23.9. The quantitative estimate of drug-likeness (QED) is 0.142. The predicted molar refractivity (Wildman–Crippen MR) is 373 cm³/mol. The Morgan fingerprint density at radius 1 is 0.241 bits per heavy atom. The second-order valence-electron chi connectivity index (χ2n) is 29.9. The Bertz CT molecular complexity index is 4090. The van der Waals surface area contributed by atoms with Crippen LogP contribution in [-0.2, 0) is 32.5 Å². The van der Waals surface area contributed by atoms with Gasteiger partial charge < -0.3 is 0 Å². The molecule has 0 nitrogen and oxygen atoms in total. The van der Waals surface area contributed by atoms with Crippen LogP contribution in [0.4, 0.5) is 0 Å². The molecular formula is C87H84. The minimum absolute atomic E-state index is 0.0523. The van der Waals surface area contributed by atoms with E-state index < -0.39 is 5.41 Å². The molecule has 0 aliphatic heterocycles. The molecule has 11 aromatic carbocycles. The number of benzene rings is 11. The fourth-order valence-electron chi connectivity index (χ4n) is 14.4. The zero-order chi connectivity index (χ0) is 61.2. The van der Waals surface area contributed by atoms with Crippen LogP contribution in [0.15, 0.2) is 237 Å². The lowest BCUT2D eigenvalue weighted by Crippen LogP contribution is -2.29. The van der Waals surface area contributed by atoms with E-state index in [1.165, 1.54) is 150 Å². The van der Waals surface area contributed by atoms with Crippen LogP contribution in [0.2, 0.25) is 0 Å². The van der Waals surface area contributed by atoms with E-state index in [-0.39, 0.29) is 27.1 Å². The van der Waals surface area contributed by atoms with Crippen LogP contribution in [0.1, 0.15) is 158 Å². The molecule has 0 spiro atoms. The van der Waals surface area contributed by atoms with Crippen molar-refractivity contribution in [3.05, 3.63) is 298 Å². The number of hydrogen-bond donors (Lipinski definition) is 0. The third-order valence-electron chi connectivity index (χ3n) is 19.5. The van der Waals surface area contributed by atoms with Crippen molar-refractivity contribution in [2.75, 3.05) is 0 Å². The molecule has 0 atom stereocenters. The minimum atomic E-state index is -0.711. The van der Waals surface area contributed by atoms with E-state index >= 15 is 0 Å². The van der Waals surface area contributed by atoms with Crippen molar-refractivity contribution in [3.63, 3.8) is 0 Å². The molecule has 432 valence electrons. The standard InChI is InChI=1S/C87H84/c1-55-21-18-28-77-79(55)81-78(46-45-76-80(81)74-26-16-17-27-75(74)86(76,14)15)87(77,72-24-19-22-60(53-72)66-49-62(56-29-37-68(38-30-56)82(2,3)4)47-63(50-66)57-31-39-69(40-32-57)83(5,6)7)73-25-20-23-61(54-73)67-51-64(58-33-41-70(42-34-58)84(8,9)10)48-65(52-67)59-35-43-71(44-36-59)85(11,12)13/h16-54H,1-15H3. The molecule has 2 aliphatic carbocycles. The molecule has 13 rings (SSSR count). The summed E-state index contributed by atoms with van der Waals surface area (Å²) in [5.41, 5.74) is 33.7. The molecule has 0 fully saturated rings. The Hall–Kier alpha value is -8.58. The van der Waals surface area contributed by atoms with Gasteiger partial charge in [0.1, 0.15) is 0 Å². The van der Waals surface area contributed by atoms with Crippen LogP contribution >= 0.6 is 0 Å². The van der Waals surface area contributed by atoms with Crippen LogP contribution in [0, 0.1) is 6.92 Å². The summed E-state index contributed by atoms with van der Waals surface area (Å²) in [5.74, 6) is 0. The third kappa shape index (κ3) is 10.0. The lowest BCUT2D eigenvalue weighted by Gasteiger charge is -2.35. The molecule has 0 heterocycles. The summed E-state index contributed by atoms with van der Waals surface area (Å²) in [5, 5.41) is 0. The van der Waals surface area contributed by atoms with Crippen molar-refractivity contribution in [2.45, 2.75) is 136 Å². The van der Waals surface area contributed by atoms with Gasteiger partial charge in [-0.15, -0.1) is 0 Å². The second kappa shape index (κ2) is 20.8. The van der Waals surface area contributed by atoms with E-state index in [0.717, 1.165) is 0 Å². The fraction of sp³-hybridized carbons (Fsp3) is 0.241. The lowest BCUT2D eigenvalue weighted by molar-refractivity contribution is 0.590. The summed E-state index contributed by atoms with van der Waals surface area (Å²) in [6.45, 7) is 34.7. The van der Waals surface area contributed by atoms with E-state index in [1.54, 1.807) is 0 Å². The molecule has 11 aromatic rings. The van der Waals surface area contributed by atoms with Crippen molar-refractivity contribution in [1.82, 2.24) is 0 Å². The molecule has 0 aromatic heterocycles. The number of aryl methyl sites for hydroxylation is 1. The Labute approximate surface area is 520 Å². The van der Waals surface area contributed by atoms with Crippen LogP contribution < -0.4 is 0 Å². The summed E-state index contributed by atoms with van der Waals surface area (Å²) < 4.78 is 0. The average molecular weight is 1130 g/mol. The van der Waals surface area contributed by atoms with E-state index in [9.17, 15) is 0 Å². The summed E-state index contributed by atoms with van der Waals surface area (Å²) in [7, 11) is 0. The van der Waals surface area contributed by atoms with Gasteiger partial charge >= 0.3 is 0 Å². The molecule has 0 unspecified atom stereocenters. The highest BCUT2D eigenvalue weighted by molar-refractivity contribution is 6.01. The fourth-order valence-corrected chi connectivity index (χ4v) is 14.4. The Morgan fingerprint density at radius 2 is 0.563 bits per heavy atom. The molecule has 0 N–H and O–H groups in total. The van der Waals surface area contributed by atoms with Crippen LogP contribution in [0.5, 0.6) is 0 Å². The van der Waals surface area contributed by atoms with Gasteiger partial charge in [-0.05, 0) is 227 Å². The van der Waals surface area contributed by atoms with Crippen molar-refractivity contribution in [2.24, 2.45) is 0 Å². The maximum Gasteiger partial charge on any atom is 0.0714 e. The maximum atomic E-state index is 2.54. The van der Waals surface area contributed by atoms with Gasteiger partial charge in [0.25, 0.3) is 0 Å². The van der Waals surface area contributed by atoms with Gasteiger partial charge in [-0.3, -0.25) is 0 Å². The van der Waals surface area contributed by atoms with Gasteiger partial charge in [-0.1, -0.05) is 285 Å². The summed E-state index contributed by atoms with van der Waals surface area (Å²) >= 11 is 0. The molecule has 0 saturated heterocycles. The van der Waals surface area contributed by atoms with Gasteiger partial charge in [-0.2, -0.15) is 0 Å². The van der Waals surface area contributed by atoms with E-state index in [2.05, 4.69) is 340 Å². The minimum Gasteiger partial charge on any atom is -0.0619 e. The van der Waals surface area contributed by atoms with E-state index in [4.69, 9.17) is 0 Å². The highest BCUT2D eigenvalue weighted by Crippen LogP contribution is 2.63. The first-order chi connectivity index (χ1) is 41.3. The largest absolute Gasteiger partial charge is 0.0714 e. The smallest absolute Gasteiger partial charge is 0.0619 e. The van der Waals surface area contributed by atoms with Gasteiger partial charge in [-0.25, -0.2) is 0 Å². The molecular weight excluding hydrogens is 1040 g/mol. The monoisotopic (exact) mass is 1130 g/mol. The summed E-state index contributed by atoms with van der Waals surface area (Å²) in [4.78, 5) is 0. The zero-order valence-corrected chi connectivity index (χ0v) is 54.0. The molecule has 0 bridgehead atoms. The van der Waals surface area contributed by atoms with Crippen molar-refractivity contribution >= 4 is 0 Å². The van der Waals surface area contributed by atoms with Gasteiger partial charge in [0.2, 0.25) is 0 Å². The van der Waals surface area contributed by atoms with E-state index in [1.807, 2.05) is 0 Å². The van der Waals surface area contributed by atoms with Crippen molar-refractivity contribution < 1.29 is 0 Å². The first-order valence-corrected chi connectivity index (χ1v) is 31.6. The normalized spacial score (nSPS) is 14.1.